The molecule has 1 fully saturated rings. The van der Waals surface area contributed by atoms with Crippen LogP contribution in [0.15, 0.2) is 30.3 Å². The van der Waals surface area contributed by atoms with Crippen molar-refractivity contribution in [2.24, 2.45) is 0 Å². The number of rotatable bonds is 9. The molecule has 2 N–H and O–H groups in total. The van der Waals surface area contributed by atoms with Gasteiger partial charge in [-0.25, -0.2) is 0 Å². The summed E-state index contributed by atoms with van der Waals surface area (Å²) >= 11 is 0. The average molecular weight is 318 g/mol. The predicted octanol–water partition coefficient (Wildman–Crippen LogP) is 1.31. The Morgan fingerprint density at radius 1 is 1.04 bits per heavy atom. The highest BCUT2D eigenvalue weighted by Gasteiger charge is 2.16. The molecule has 1 aliphatic rings. The van der Waals surface area contributed by atoms with E-state index in [1.54, 1.807) is 0 Å². The first kappa shape index (κ1) is 17.8. The molecule has 0 bridgehead atoms. The van der Waals surface area contributed by atoms with Crippen LogP contribution in [-0.2, 0) is 4.79 Å². The quantitative estimate of drug-likeness (QED) is 0.674. The van der Waals surface area contributed by atoms with Gasteiger partial charge in [0.25, 0.3) is 0 Å². The number of hydrogen-bond donors (Lipinski definition) is 2. The Labute approximate surface area is 140 Å². The van der Waals surface area contributed by atoms with E-state index < -0.39 is 0 Å². The Hall–Kier alpha value is -1.59. The van der Waals surface area contributed by atoms with Crippen LogP contribution in [0.25, 0.3) is 0 Å². The van der Waals surface area contributed by atoms with Crippen molar-refractivity contribution in [1.29, 1.82) is 0 Å². The van der Waals surface area contributed by atoms with Crippen molar-refractivity contribution in [3.8, 4) is 0 Å². The molecule has 128 valence electrons. The number of carbonyl (C=O) groups is 1. The van der Waals surface area contributed by atoms with Gasteiger partial charge in [0.05, 0.1) is 0 Å². The first-order valence-corrected chi connectivity index (χ1v) is 8.73. The van der Waals surface area contributed by atoms with Crippen LogP contribution in [-0.4, -0.2) is 63.7 Å². The fourth-order valence-corrected chi connectivity index (χ4v) is 2.91. The molecular formula is C18H30N4O. The van der Waals surface area contributed by atoms with Gasteiger partial charge in [0, 0.05) is 44.8 Å². The summed E-state index contributed by atoms with van der Waals surface area (Å²) in [6, 6.07) is 10.6. The molecule has 0 unspecified atom stereocenters. The van der Waals surface area contributed by atoms with Crippen LogP contribution in [0.3, 0.4) is 0 Å². The SMILES string of the molecule is CNCCCC(=O)NCCCN1CCN(c2ccccc2)CC1. The van der Waals surface area contributed by atoms with Crippen LogP contribution in [0.1, 0.15) is 19.3 Å². The maximum absolute atomic E-state index is 11.6. The molecule has 5 heteroatoms. The van der Waals surface area contributed by atoms with Crippen molar-refractivity contribution in [1.82, 2.24) is 15.5 Å². The number of para-hydroxylation sites is 1. The first-order valence-electron chi connectivity index (χ1n) is 8.73. The van der Waals surface area contributed by atoms with Gasteiger partial charge in [0.2, 0.25) is 5.91 Å². The number of piperazine rings is 1. The van der Waals surface area contributed by atoms with Crippen molar-refractivity contribution < 1.29 is 4.79 Å². The van der Waals surface area contributed by atoms with Gasteiger partial charge >= 0.3 is 0 Å². The number of hydrogen-bond acceptors (Lipinski definition) is 4. The molecule has 1 aromatic rings. The number of benzene rings is 1. The zero-order valence-corrected chi connectivity index (χ0v) is 14.3. The minimum Gasteiger partial charge on any atom is -0.369 e. The number of carbonyl (C=O) groups excluding carboxylic acids is 1. The topological polar surface area (TPSA) is 47.6 Å². The van der Waals surface area contributed by atoms with Gasteiger partial charge < -0.3 is 15.5 Å². The van der Waals surface area contributed by atoms with E-state index in [0.717, 1.165) is 58.7 Å². The number of nitrogens with one attached hydrogen (secondary N) is 2. The lowest BCUT2D eigenvalue weighted by atomic mass is 10.2. The molecular weight excluding hydrogens is 288 g/mol. The van der Waals surface area contributed by atoms with E-state index in [0.29, 0.717) is 6.42 Å². The Balaban J connectivity index is 1.54. The van der Waals surface area contributed by atoms with Crippen LogP contribution in [0.2, 0.25) is 0 Å². The molecule has 1 aromatic carbocycles. The maximum atomic E-state index is 11.6. The summed E-state index contributed by atoms with van der Waals surface area (Å²) in [5.74, 6) is 0.175. The van der Waals surface area contributed by atoms with Gasteiger partial charge in [0.1, 0.15) is 0 Å². The zero-order valence-electron chi connectivity index (χ0n) is 14.3. The molecule has 23 heavy (non-hydrogen) atoms. The van der Waals surface area contributed by atoms with Crippen molar-refractivity contribution >= 4 is 11.6 Å². The minimum absolute atomic E-state index is 0.175. The summed E-state index contributed by atoms with van der Waals surface area (Å²) in [5, 5.41) is 6.07. The van der Waals surface area contributed by atoms with Crippen LogP contribution in [0, 0.1) is 0 Å². The minimum atomic E-state index is 0.175. The molecule has 1 amide bonds. The predicted molar refractivity (Wildman–Crippen MR) is 95.9 cm³/mol. The summed E-state index contributed by atoms with van der Waals surface area (Å²) in [6.45, 7) is 7.13. The van der Waals surface area contributed by atoms with E-state index in [-0.39, 0.29) is 5.91 Å². The zero-order chi connectivity index (χ0) is 16.3. The molecule has 1 saturated heterocycles. The van der Waals surface area contributed by atoms with Gasteiger partial charge in [-0.2, -0.15) is 0 Å². The standard InChI is InChI=1S/C18H30N4O/c1-19-10-5-9-18(23)20-11-6-12-21-13-15-22(16-14-21)17-7-3-2-4-8-17/h2-4,7-8,19H,5-6,9-16H2,1H3,(H,20,23). The van der Waals surface area contributed by atoms with Gasteiger partial charge in [0.15, 0.2) is 0 Å². The number of nitrogens with zero attached hydrogens (tertiary/aromatic N) is 2. The van der Waals surface area contributed by atoms with Gasteiger partial charge in [-0.05, 0) is 45.1 Å². The third-order valence-corrected chi connectivity index (χ3v) is 4.30. The second kappa shape index (κ2) is 10.2. The van der Waals surface area contributed by atoms with Crippen LogP contribution in [0.4, 0.5) is 5.69 Å². The maximum Gasteiger partial charge on any atom is 0.220 e. The largest absolute Gasteiger partial charge is 0.369 e. The molecule has 0 aliphatic carbocycles. The second-order valence-electron chi connectivity index (χ2n) is 6.07. The molecule has 0 radical (unpaired) electrons. The van der Waals surface area contributed by atoms with Crippen molar-refractivity contribution in [3.63, 3.8) is 0 Å². The highest BCUT2D eigenvalue weighted by atomic mass is 16.1. The molecule has 2 rings (SSSR count). The Bertz CT molecular complexity index is 444. The smallest absolute Gasteiger partial charge is 0.220 e. The number of amides is 1. The van der Waals surface area contributed by atoms with Crippen molar-refractivity contribution in [3.05, 3.63) is 30.3 Å². The van der Waals surface area contributed by atoms with Gasteiger partial charge in [-0.3, -0.25) is 9.69 Å². The fraction of sp³-hybridized carbons (Fsp3) is 0.611. The molecule has 0 saturated carbocycles. The lowest BCUT2D eigenvalue weighted by Gasteiger charge is -2.36. The summed E-state index contributed by atoms with van der Waals surface area (Å²) in [4.78, 5) is 16.5. The summed E-state index contributed by atoms with van der Waals surface area (Å²) < 4.78 is 0. The highest BCUT2D eigenvalue weighted by Crippen LogP contribution is 2.15. The summed E-state index contributed by atoms with van der Waals surface area (Å²) in [6.07, 6.45) is 2.56. The average Bonchev–Trinajstić information content (AvgIpc) is 2.60. The fourth-order valence-electron chi connectivity index (χ4n) is 2.91. The van der Waals surface area contributed by atoms with Gasteiger partial charge in [-0.1, -0.05) is 18.2 Å². The van der Waals surface area contributed by atoms with Crippen molar-refractivity contribution in [2.75, 3.05) is 57.8 Å². The first-order chi connectivity index (χ1) is 11.3. The highest BCUT2D eigenvalue weighted by molar-refractivity contribution is 5.75. The Morgan fingerprint density at radius 2 is 1.78 bits per heavy atom. The van der Waals surface area contributed by atoms with E-state index in [9.17, 15) is 4.79 Å². The van der Waals surface area contributed by atoms with Crippen LogP contribution >= 0.6 is 0 Å². The second-order valence-corrected chi connectivity index (χ2v) is 6.07. The molecule has 0 atom stereocenters. The third kappa shape index (κ3) is 6.59. The normalized spacial score (nSPS) is 15.6. The van der Waals surface area contributed by atoms with Gasteiger partial charge in [-0.15, -0.1) is 0 Å². The van der Waals surface area contributed by atoms with E-state index in [1.165, 1.54) is 5.69 Å². The number of anilines is 1. The van der Waals surface area contributed by atoms with E-state index >= 15 is 0 Å². The molecule has 0 spiro atoms. The lowest BCUT2D eigenvalue weighted by Crippen LogP contribution is -2.47. The molecule has 1 heterocycles. The molecule has 5 nitrogen and oxygen atoms in total. The van der Waals surface area contributed by atoms with E-state index in [4.69, 9.17) is 0 Å². The van der Waals surface area contributed by atoms with Crippen LogP contribution < -0.4 is 15.5 Å². The van der Waals surface area contributed by atoms with E-state index in [1.807, 2.05) is 7.05 Å². The summed E-state index contributed by atoms with van der Waals surface area (Å²) in [7, 11) is 1.91. The van der Waals surface area contributed by atoms with E-state index in [2.05, 4.69) is 50.8 Å². The monoisotopic (exact) mass is 318 g/mol. The molecule has 1 aliphatic heterocycles. The molecule has 0 aromatic heterocycles. The van der Waals surface area contributed by atoms with Crippen molar-refractivity contribution in [2.45, 2.75) is 19.3 Å². The summed E-state index contributed by atoms with van der Waals surface area (Å²) in [5.41, 5.74) is 1.32. The Morgan fingerprint density at radius 3 is 2.48 bits per heavy atom. The van der Waals surface area contributed by atoms with Crippen LogP contribution in [0.5, 0.6) is 0 Å². The Kier molecular flexibility index (Phi) is 7.90. The third-order valence-electron chi connectivity index (χ3n) is 4.30. The lowest BCUT2D eigenvalue weighted by molar-refractivity contribution is -0.121.